The van der Waals surface area contributed by atoms with Crippen molar-refractivity contribution >= 4 is 7.82 Å². The van der Waals surface area contributed by atoms with Gasteiger partial charge in [0, 0.05) is 18.0 Å². The largest absolute Gasteiger partial charge is 0.469 e. The van der Waals surface area contributed by atoms with Gasteiger partial charge in [-0.1, -0.05) is 48.2 Å². The maximum Gasteiger partial charge on any atom is 0.469 e. The molecule has 0 radical (unpaired) electrons. The predicted molar refractivity (Wildman–Crippen MR) is 134 cm³/mol. The third-order valence-corrected chi connectivity index (χ3v) is 6.31. The van der Waals surface area contributed by atoms with Crippen LogP contribution < -0.4 is 0 Å². The van der Waals surface area contributed by atoms with E-state index in [9.17, 15) is 14.8 Å². The molecule has 196 valence electrons. The van der Waals surface area contributed by atoms with Gasteiger partial charge in [-0.05, 0) is 35.7 Å². The third kappa shape index (κ3) is 7.58. The Bertz CT molecular complexity index is 1270. The predicted octanol–water partition coefficient (Wildman–Crippen LogP) is 2.58. The van der Waals surface area contributed by atoms with E-state index < -0.39 is 26.1 Å². The van der Waals surface area contributed by atoms with Crippen LogP contribution in [-0.4, -0.2) is 61.6 Å². The van der Waals surface area contributed by atoms with Crippen LogP contribution >= 0.6 is 7.82 Å². The van der Waals surface area contributed by atoms with Crippen LogP contribution in [0.4, 0.5) is 0 Å². The van der Waals surface area contributed by atoms with Gasteiger partial charge in [-0.25, -0.2) is 9.55 Å². The lowest BCUT2D eigenvalue weighted by atomic mass is 10.0. The van der Waals surface area contributed by atoms with Gasteiger partial charge in [0.1, 0.15) is 30.2 Å². The number of aliphatic hydroxyl groups excluding tert-OH is 2. The molecule has 4 N–H and O–H groups in total. The van der Waals surface area contributed by atoms with Crippen molar-refractivity contribution in [3.05, 3.63) is 77.9 Å². The summed E-state index contributed by atoms with van der Waals surface area (Å²) in [5.41, 5.74) is 3.70. The molecule has 0 spiro atoms. The molecule has 0 bridgehead atoms. The molecule has 0 saturated carbocycles. The lowest BCUT2D eigenvalue weighted by molar-refractivity contribution is -0.0188. The number of hydrogen-bond acceptors (Lipinski definition) is 7. The number of ether oxygens (including phenoxy) is 2. The van der Waals surface area contributed by atoms with Crippen molar-refractivity contribution in [3.63, 3.8) is 0 Å². The Labute approximate surface area is 214 Å². The molecule has 1 aliphatic rings. The number of hydrogen-bond donors (Lipinski definition) is 4. The second-order valence-corrected chi connectivity index (χ2v) is 9.91. The van der Waals surface area contributed by atoms with Crippen LogP contribution in [0.1, 0.15) is 36.0 Å². The van der Waals surface area contributed by atoms with Crippen molar-refractivity contribution in [2.24, 2.45) is 0 Å². The molecule has 4 atom stereocenters. The molecule has 11 heteroatoms. The Hall–Kier alpha value is -2.84. The summed E-state index contributed by atoms with van der Waals surface area (Å²) >= 11 is 0. The average Bonchev–Trinajstić information content (AvgIpc) is 3.52. The Morgan fingerprint density at radius 3 is 2.41 bits per heavy atom. The number of rotatable bonds is 9. The Morgan fingerprint density at radius 1 is 1.14 bits per heavy atom. The summed E-state index contributed by atoms with van der Waals surface area (Å²) in [7, 11) is -4.70. The van der Waals surface area contributed by atoms with E-state index in [4.69, 9.17) is 19.3 Å². The first kappa shape index (κ1) is 27.2. The van der Waals surface area contributed by atoms with Crippen LogP contribution in [0.5, 0.6) is 0 Å². The number of aromatic nitrogens is 2. The highest BCUT2D eigenvalue weighted by Crippen LogP contribution is 2.37. The zero-order chi connectivity index (χ0) is 26.4. The minimum absolute atomic E-state index is 0.302. The lowest BCUT2D eigenvalue weighted by Gasteiger charge is -2.17. The van der Waals surface area contributed by atoms with Gasteiger partial charge in [-0.2, -0.15) is 0 Å². The monoisotopic (exact) mass is 528 g/mol. The van der Waals surface area contributed by atoms with E-state index in [1.54, 1.807) is 13.1 Å². The van der Waals surface area contributed by atoms with Gasteiger partial charge in [-0.15, -0.1) is 0 Å². The van der Waals surface area contributed by atoms with Crippen LogP contribution in [0.15, 0.2) is 60.9 Å². The number of phosphoric ester groups is 1. The summed E-state index contributed by atoms with van der Waals surface area (Å²) in [5, 5.41) is 19.7. The minimum atomic E-state index is -4.70. The number of nitrogens with zero attached hydrogens (tertiary/aromatic N) is 2. The molecule has 37 heavy (non-hydrogen) atoms. The molecule has 1 aromatic heterocycles. The van der Waals surface area contributed by atoms with Gasteiger partial charge in [0.15, 0.2) is 0 Å². The highest BCUT2D eigenvalue weighted by Gasteiger charge is 2.26. The van der Waals surface area contributed by atoms with Crippen molar-refractivity contribution in [2.75, 3.05) is 19.8 Å². The summed E-state index contributed by atoms with van der Waals surface area (Å²) < 4.78 is 28.4. The van der Waals surface area contributed by atoms with Crippen molar-refractivity contribution in [1.29, 1.82) is 0 Å². The highest BCUT2D eigenvalue weighted by molar-refractivity contribution is 7.46. The van der Waals surface area contributed by atoms with Crippen LogP contribution in [0, 0.1) is 11.8 Å². The van der Waals surface area contributed by atoms with Crippen LogP contribution in [0.2, 0.25) is 0 Å². The summed E-state index contributed by atoms with van der Waals surface area (Å²) in [5.74, 6) is 6.29. The molecule has 1 fully saturated rings. The van der Waals surface area contributed by atoms with Gasteiger partial charge in [0.2, 0.25) is 0 Å². The highest BCUT2D eigenvalue weighted by atomic mass is 31.2. The molecule has 2 heterocycles. The quantitative estimate of drug-likeness (QED) is 0.243. The fourth-order valence-corrected chi connectivity index (χ4v) is 4.20. The molecular weight excluding hydrogens is 499 g/mol. The average molecular weight is 528 g/mol. The lowest BCUT2D eigenvalue weighted by Crippen LogP contribution is -2.26. The summed E-state index contributed by atoms with van der Waals surface area (Å²) in [6, 6.07) is 14.7. The van der Waals surface area contributed by atoms with Gasteiger partial charge in [-0.3, -0.25) is 4.52 Å². The zero-order valence-corrected chi connectivity index (χ0v) is 21.1. The maximum absolute atomic E-state index is 11.2. The van der Waals surface area contributed by atoms with Crippen molar-refractivity contribution in [2.45, 2.75) is 37.9 Å². The van der Waals surface area contributed by atoms with Crippen molar-refractivity contribution in [1.82, 2.24) is 9.55 Å². The van der Waals surface area contributed by atoms with Crippen molar-refractivity contribution < 1.29 is 38.6 Å². The molecule has 3 aromatic rings. The second kappa shape index (κ2) is 12.1. The molecule has 4 rings (SSSR count). The summed E-state index contributed by atoms with van der Waals surface area (Å²) in [6.07, 6.45) is 1.27. The van der Waals surface area contributed by atoms with E-state index in [2.05, 4.69) is 21.3 Å². The fraction of sp³-hybridized carbons (Fsp3) is 0.346. The van der Waals surface area contributed by atoms with E-state index in [-0.39, 0.29) is 12.7 Å². The number of aliphatic hydroxyl groups is 2. The SMILES string of the molecule is C[C@H](O)c1nccn1[C@@H](C#Cc1ccc(-c2ccc(CO[C@H]3COC[C@@H]3O)cc2)cc1)COP(=O)(O)O. The maximum atomic E-state index is 11.2. The van der Waals surface area contributed by atoms with Crippen LogP contribution in [0.25, 0.3) is 11.1 Å². The Kier molecular flexibility index (Phi) is 8.92. The van der Waals surface area contributed by atoms with E-state index >= 15 is 0 Å². The van der Waals surface area contributed by atoms with Gasteiger partial charge < -0.3 is 34.0 Å². The molecule has 0 aliphatic carbocycles. The normalized spacial score (nSPS) is 19.3. The van der Waals surface area contributed by atoms with Crippen LogP contribution in [0.3, 0.4) is 0 Å². The van der Waals surface area contributed by atoms with Gasteiger partial charge >= 0.3 is 7.82 Å². The van der Waals surface area contributed by atoms with Crippen molar-refractivity contribution in [3.8, 4) is 23.0 Å². The number of imidazole rings is 1. The first-order chi connectivity index (χ1) is 17.7. The number of phosphoric acid groups is 1. The van der Waals surface area contributed by atoms with Crippen LogP contribution in [-0.2, 0) is 25.2 Å². The van der Waals surface area contributed by atoms with E-state index in [1.165, 1.54) is 10.8 Å². The molecule has 10 nitrogen and oxygen atoms in total. The third-order valence-electron chi connectivity index (χ3n) is 5.83. The first-order valence-electron chi connectivity index (χ1n) is 11.7. The number of benzene rings is 2. The topological polar surface area (TPSA) is 144 Å². The smallest absolute Gasteiger partial charge is 0.388 e. The molecule has 0 amide bonds. The zero-order valence-electron chi connectivity index (χ0n) is 20.2. The van der Waals surface area contributed by atoms with E-state index in [0.717, 1.165) is 16.7 Å². The molecule has 2 aromatic carbocycles. The van der Waals surface area contributed by atoms with Gasteiger partial charge in [0.25, 0.3) is 0 Å². The summed E-state index contributed by atoms with van der Waals surface area (Å²) in [6.45, 7) is 2.25. The Morgan fingerprint density at radius 2 is 1.81 bits per heavy atom. The molecule has 0 unspecified atom stereocenters. The van der Waals surface area contributed by atoms with E-state index in [1.807, 2.05) is 48.5 Å². The first-order valence-corrected chi connectivity index (χ1v) is 13.2. The standard InChI is InChI=1S/C26H29N2O8P/c1-18(29)26-27-12-13-28(26)23(15-36-37(31,32)33)11-6-19-2-7-21(8-3-19)22-9-4-20(5-10-22)14-35-25-17-34-16-24(25)30/h2-5,7-10,12-13,18,23-25,29-30H,14-17H2,1H3,(H2,31,32,33)/t18-,23-,24-,25-/m0/s1. The molecule has 1 aliphatic heterocycles. The fourth-order valence-electron chi connectivity index (χ4n) is 3.86. The van der Waals surface area contributed by atoms with E-state index in [0.29, 0.717) is 31.2 Å². The molecular formula is C26H29N2O8P. The minimum Gasteiger partial charge on any atom is -0.388 e. The van der Waals surface area contributed by atoms with Gasteiger partial charge in [0.05, 0.1) is 26.4 Å². The summed E-state index contributed by atoms with van der Waals surface area (Å²) in [4.78, 5) is 22.3. The second-order valence-electron chi connectivity index (χ2n) is 8.67. The Balaban J connectivity index is 1.44. The molecule has 1 saturated heterocycles.